The Morgan fingerprint density at radius 2 is 2.22 bits per heavy atom. The fourth-order valence-electron chi connectivity index (χ4n) is 1.56. The zero-order chi connectivity index (χ0) is 12.6. The van der Waals surface area contributed by atoms with Crippen molar-refractivity contribution in [1.82, 2.24) is 5.32 Å². The molecular weight excluding hydrogens is 246 g/mol. The first-order valence-electron chi connectivity index (χ1n) is 5.88. The third-order valence-corrected chi connectivity index (χ3v) is 3.46. The van der Waals surface area contributed by atoms with Crippen LogP contribution in [0.5, 0.6) is 5.75 Å². The Kier molecular flexibility index (Phi) is 5.17. The molecular formula is C14H17NO2S. The molecule has 0 aliphatic heterocycles. The number of nitrogens with one attached hydrogen (secondary N) is 1. The normalized spacial score (nSPS) is 10.5. The largest absolute Gasteiger partial charge is 0.497 e. The van der Waals surface area contributed by atoms with Gasteiger partial charge in [0, 0.05) is 17.2 Å². The van der Waals surface area contributed by atoms with Gasteiger partial charge >= 0.3 is 0 Å². The van der Waals surface area contributed by atoms with Crippen molar-refractivity contribution in [2.24, 2.45) is 0 Å². The average Bonchev–Trinajstić information content (AvgIpc) is 2.92. The van der Waals surface area contributed by atoms with E-state index in [0.717, 1.165) is 30.4 Å². The van der Waals surface area contributed by atoms with Gasteiger partial charge in [0.05, 0.1) is 19.9 Å². The second kappa shape index (κ2) is 7.13. The van der Waals surface area contributed by atoms with Crippen LogP contribution in [0.1, 0.15) is 5.76 Å². The average molecular weight is 263 g/mol. The molecule has 2 rings (SSSR count). The maximum absolute atomic E-state index is 5.24. The highest BCUT2D eigenvalue weighted by Crippen LogP contribution is 2.22. The lowest BCUT2D eigenvalue weighted by molar-refractivity contribution is 0.413. The smallest absolute Gasteiger partial charge is 0.119 e. The minimum atomic E-state index is 0.783. The maximum atomic E-state index is 5.24. The van der Waals surface area contributed by atoms with Crippen LogP contribution in [0, 0.1) is 0 Å². The van der Waals surface area contributed by atoms with Gasteiger partial charge in [-0.2, -0.15) is 0 Å². The fraction of sp³-hybridized carbons (Fsp3) is 0.286. The SMILES string of the molecule is COc1cccc(SCCNCc2ccco2)c1. The second-order valence-electron chi connectivity index (χ2n) is 3.78. The Morgan fingerprint density at radius 1 is 1.28 bits per heavy atom. The Balaban J connectivity index is 1.65. The van der Waals surface area contributed by atoms with Crippen molar-refractivity contribution in [1.29, 1.82) is 0 Å². The Hall–Kier alpha value is -1.39. The molecule has 1 aromatic heterocycles. The molecule has 0 radical (unpaired) electrons. The monoisotopic (exact) mass is 263 g/mol. The van der Waals surface area contributed by atoms with Gasteiger partial charge in [-0.25, -0.2) is 0 Å². The van der Waals surface area contributed by atoms with E-state index in [4.69, 9.17) is 9.15 Å². The molecule has 1 N–H and O–H groups in total. The van der Waals surface area contributed by atoms with Gasteiger partial charge in [0.1, 0.15) is 11.5 Å². The van der Waals surface area contributed by atoms with Crippen molar-refractivity contribution in [2.75, 3.05) is 19.4 Å². The molecule has 0 aliphatic rings. The van der Waals surface area contributed by atoms with Crippen molar-refractivity contribution in [3.05, 3.63) is 48.4 Å². The molecule has 0 aliphatic carbocycles. The topological polar surface area (TPSA) is 34.4 Å². The van der Waals surface area contributed by atoms with Crippen LogP contribution in [0.15, 0.2) is 52.0 Å². The summed E-state index contributed by atoms with van der Waals surface area (Å²) in [5.41, 5.74) is 0. The van der Waals surface area contributed by atoms with Gasteiger partial charge in [-0.05, 0) is 30.3 Å². The number of ether oxygens (including phenoxy) is 1. The van der Waals surface area contributed by atoms with Crippen LogP contribution < -0.4 is 10.1 Å². The van der Waals surface area contributed by atoms with E-state index in [-0.39, 0.29) is 0 Å². The van der Waals surface area contributed by atoms with Gasteiger partial charge in [-0.15, -0.1) is 11.8 Å². The molecule has 0 fully saturated rings. The summed E-state index contributed by atoms with van der Waals surface area (Å²) in [7, 11) is 1.69. The highest BCUT2D eigenvalue weighted by atomic mass is 32.2. The third kappa shape index (κ3) is 4.13. The minimum Gasteiger partial charge on any atom is -0.497 e. The first-order valence-corrected chi connectivity index (χ1v) is 6.87. The van der Waals surface area contributed by atoms with Crippen molar-refractivity contribution < 1.29 is 9.15 Å². The molecule has 0 saturated heterocycles. The molecule has 1 aromatic carbocycles. The van der Waals surface area contributed by atoms with E-state index in [9.17, 15) is 0 Å². The van der Waals surface area contributed by atoms with Crippen LogP contribution >= 0.6 is 11.8 Å². The Morgan fingerprint density at radius 3 is 3.00 bits per heavy atom. The Bertz CT molecular complexity index is 457. The minimum absolute atomic E-state index is 0.783. The third-order valence-electron chi connectivity index (χ3n) is 2.47. The zero-order valence-electron chi connectivity index (χ0n) is 10.4. The summed E-state index contributed by atoms with van der Waals surface area (Å²) in [6.07, 6.45) is 1.70. The number of thioether (sulfide) groups is 1. The molecule has 4 heteroatoms. The number of hydrogen-bond acceptors (Lipinski definition) is 4. The molecule has 18 heavy (non-hydrogen) atoms. The molecule has 3 nitrogen and oxygen atoms in total. The highest BCUT2D eigenvalue weighted by molar-refractivity contribution is 7.99. The predicted octanol–water partition coefficient (Wildman–Crippen LogP) is 3.17. The number of rotatable bonds is 7. The van der Waals surface area contributed by atoms with Crippen LogP contribution in [0.25, 0.3) is 0 Å². The molecule has 0 bridgehead atoms. The van der Waals surface area contributed by atoms with E-state index in [0.29, 0.717) is 0 Å². The highest BCUT2D eigenvalue weighted by Gasteiger charge is 1.97. The van der Waals surface area contributed by atoms with E-state index in [1.165, 1.54) is 4.90 Å². The van der Waals surface area contributed by atoms with Gasteiger partial charge in [0.2, 0.25) is 0 Å². The zero-order valence-corrected chi connectivity index (χ0v) is 11.2. The number of methoxy groups -OCH3 is 1. The van der Waals surface area contributed by atoms with E-state index in [2.05, 4.69) is 17.4 Å². The van der Waals surface area contributed by atoms with Crippen molar-refractivity contribution in [2.45, 2.75) is 11.4 Å². The molecule has 0 amide bonds. The number of furan rings is 1. The number of benzene rings is 1. The van der Waals surface area contributed by atoms with Crippen molar-refractivity contribution in [3.63, 3.8) is 0 Å². The molecule has 96 valence electrons. The lowest BCUT2D eigenvalue weighted by Crippen LogP contribution is -2.15. The van der Waals surface area contributed by atoms with E-state index in [1.807, 2.05) is 36.0 Å². The summed E-state index contributed by atoms with van der Waals surface area (Å²) < 4.78 is 10.4. The van der Waals surface area contributed by atoms with Gasteiger partial charge in [0.15, 0.2) is 0 Å². The maximum Gasteiger partial charge on any atom is 0.119 e. The lowest BCUT2D eigenvalue weighted by atomic mass is 10.3. The molecule has 0 atom stereocenters. The summed E-state index contributed by atoms with van der Waals surface area (Å²) in [5, 5.41) is 3.34. The van der Waals surface area contributed by atoms with Crippen LogP contribution in [0.4, 0.5) is 0 Å². The first kappa shape index (κ1) is 13.1. The number of hydrogen-bond donors (Lipinski definition) is 1. The second-order valence-corrected chi connectivity index (χ2v) is 4.95. The van der Waals surface area contributed by atoms with Crippen molar-refractivity contribution in [3.8, 4) is 5.75 Å². The predicted molar refractivity (Wildman–Crippen MR) is 74.1 cm³/mol. The van der Waals surface area contributed by atoms with Crippen LogP contribution in [-0.2, 0) is 6.54 Å². The Labute approximate surface area is 112 Å². The van der Waals surface area contributed by atoms with Gasteiger partial charge in [-0.1, -0.05) is 6.07 Å². The van der Waals surface area contributed by atoms with Crippen LogP contribution in [0.3, 0.4) is 0 Å². The summed E-state index contributed by atoms with van der Waals surface area (Å²) in [4.78, 5) is 1.23. The summed E-state index contributed by atoms with van der Waals surface area (Å²) in [6.45, 7) is 1.73. The van der Waals surface area contributed by atoms with E-state index in [1.54, 1.807) is 13.4 Å². The van der Waals surface area contributed by atoms with Crippen molar-refractivity contribution >= 4 is 11.8 Å². The standard InChI is InChI=1S/C14H17NO2S/c1-16-12-4-2-6-14(10-12)18-9-7-15-11-13-5-3-8-17-13/h2-6,8,10,15H,7,9,11H2,1H3. The molecule has 0 spiro atoms. The summed E-state index contributed by atoms with van der Waals surface area (Å²) in [5.74, 6) is 2.90. The first-order chi connectivity index (χ1) is 8.88. The summed E-state index contributed by atoms with van der Waals surface area (Å²) in [6, 6.07) is 12.0. The molecule has 0 saturated carbocycles. The van der Waals surface area contributed by atoms with E-state index < -0.39 is 0 Å². The van der Waals surface area contributed by atoms with E-state index >= 15 is 0 Å². The fourth-order valence-corrected chi connectivity index (χ4v) is 2.41. The lowest BCUT2D eigenvalue weighted by Gasteiger charge is -2.05. The van der Waals surface area contributed by atoms with Crippen LogP contribution in [-0.4, -0.2) is 19.4 Å². The van der Waals surface area contributed by atoms with Crippen LogP contribution in [0.2, 0.25) is 0 Å². The van der Waals surface area contributed by atoms with Gasteiger partial charge < -0.3 is 14.5 Å². The van der Waals surface area contributed by atoms with Gasteiger partial charge in [-0.3, -0.25) is 0 Å². The molecule has 2 aromatic rings. The van der Waals surface area contributed by atoms with Gasteiger partial charge in [0.25, 0.3) is 0 Å². The molecule has 0 unspecified atom stereocenters. The summed E-state index contributed by atoms with van der Waals surface area (Å²) >= 11 is 1.81. The molecule has 1 heterocycles. The quantitative estimate of drug-likeness (QED) is 0.614.